The number of halogens is 1. The number of piperazine rings is 1. The Hall–Kier alpha value is -1.75. The summed E-state index contributed by atoms with van der Waals surface area (Å²) in [6, 6.07) is 7.69. The Balaban J connectivity index is 1.62. The van der Waals surface area contributed by atoms with E-state index in [1.165, 1.54) is 0 Å². The van der Waals surface area contributed by atoms with Crippen LogP contribution in [0.25, 0.3) is 0 Å². The van der Waals surface area contributed by atoms with Gasteiger partial charge in [-0.1, -0.05) is 36.6 Å². The average Bonchev–Trinajstić information content (AvgIpc) is 2.62. The highest BCUT2D eigenvalue weighted by Gasteiger charge is 2.35. The first-order valence-electron chi connectivity index (χ1n) is 8.57. The quantitative estimate of drug-likeness (QED) is 0.830. The summed E-state index contributed by atoms with van der Waals surface area (Å²) >= 11 is 6.24. The third-order valence-electron chi connectivity index (χ3n) is 5.17. The Morgan fingerprint density at radius 2 is 1.62 bits per heavy atom. The summed E-state index contributed by atoms with van der Waals surface area (Å²) in [6.45, 7) is 2.61. The summed E-state index contributed by atoms with van der Waals surface area (Å²) in [6.07, 6.45) is 2.99. The van der Waals surface area contributed by atoms with Gasteiger partial charge in [-0.05, 0) is 25.0 Å². The Morgan fingerprint density at radius 1 is 1.00 bits per heavy atom. The maximum Gasteiger partial charge on any atom is 0.226 e. The predicted molar refractivity (Wildman–Crippen MR) is 90.7 cm³/mol. The summed E-state index contributed by atoms with van der Waals surface area (Å²) < 4.78 is 0. The number of carbonyl (C=O) groups is 2. The van der Waals surface area contributed by atoms with Gasteiger partial charge in [-0.25, -0.2) is 0 Å². The van der Waals surface area contributed by atoms with E-state index in [1.54, 1.807) is 4.90 Å². The van der Waals surface area contributed by atoms with Crippen LogP contribution in [-0.4, -0.2) is 43.0 Å². The van der Waals surface area contributed by atoms with Gasteiger partial charge in [-0.2, -0.15) is 0 Å². The van der Waals surface area contributed by atoms with Crippen molar-refractivity contribution in [1.29, 1.82) is 0 Å². The van der Waals surface area contributed by atoms with Crippen LogP contribution in [0.3, 0.4) is 0 Å². The molecule has 1 amide bonds. The molecule has 2 fully saturated rings. The standard InChI is InChI=1S/C18H23ClN2O3/c19-15-7-3-4-8-16(15)20-9-11-21(12-10-20)17(22)13-5-1-2-6-14(13)18(23)24/h3-4,7-8,13-14H,1-2,5-6,9-12H2,(H,23,24)/p-1/t13-,14+/m1/s1. The third kappa shape index (κ3) is 3.51. The normalized spacial score (nSPS) is 24.7. The lowest BCUT2D eigenvalue weighted by molar-refractivity contribution is -0.314. The number of nitrogens with zero attached hydrogens (tertiary/aromatic N) is 2. The molecule has 0 spiro atoms. The number of amides is 1. The molecule has 130 valence electrons. The van der Waals surface area contributed by atoms with E-state index < -0.39 is 17.8 Å². The molecule has 1 aliphatic carbocycles. The average molecular weight is 350 g/mol. The summed E-state index contributed by atoms with van der Waals surface area (Å²) in [4.78, 5) is 28.1. The molecule has 0 aromatic heterocycles. The zero-order valence-electron chi connectivity index (χ0n) is 13.6. The fourth-order valence-electron chi connectivity index (χ4n) is 3.82. The van der Waals surface area contributed by atoms with E-state index in [0.717, 1.165) is 18.5 Å². The van der Waals surface area contributed by atoms with Crippen molar-refractivity contribution < 1.29 is 14.7 Å². The van der Waals surface area contributed by atoms with Gasteiger partial charge in [0.1, 0.15) is 0 Å². The molecule has 0 bridgehead atoms. The van der Waals surface area contributed by atoms with Crippen molar-refractivity contribution in [2.45, 2.75) is 25.7 Å². The van der Waals surface area contributed by atoms with Crippen molar-refractivity contribution in [3.05, 3.63) is 29.3 Å². The van der Waals surface area contributed by atoms with Gasteiger partial charge in [-0.3, -0.25) is 4.79 Å². The van der Waals surface area contributed by atoms with E-state index in [-0.39, 0.29) is 5.91 Å². The molecule has 5 nitrogen and oxygen atoms in total. The first kappa shape index (κ1) is 17.1. The van der Waals surface area contributed by atoms with Crippen molar-refractivity contribution in [2.75, 3.05) is 31.1 Å². The molecule has 1 heterocycles. The zero-order chi connectivity index (χ0) is 17.1. The predicted octanol–water partition coefficient (Wildman–Crippen LogP) is 1.54. The minimum Gasteiger partial charge on any atom is -0.550 e. The van der Waals surface area contributed by atoms with Crippen LogP contribution in [0.2, 0.25) is 5.02 Å². The molecular formula is C18H22ClN2O3-. The summed E-state index contributed by atoms with van der Waals surface area (Å²) in [5, 5.41) is 12.0. The van der Waals surface area contributed by atoms with Gasteiger partial charge in [0.15, 0.2) is 0 Å². The molecule has 24 heavy (non-hydrogen) atoms. The lowest BCUT2D eigenvalue weighted by Crippen LogP contribution is -2.53. The minimum absolute atomic E-state index is 0.0253. The van der Waals surface area contributed by atoms with Gasteiger partial charge in [0.25, 0.3) is 0 Å². The largest absolute Gasteiger partial charge is 0.550 e. The number of aliphatic carboxylic acids is 1. The fourth-order valence-corrected chi connectivity index (χ4v) is 4.07. The number of benzene rings is 1. The highest BCUT2D eigenvalue weighted by molar-refractivity contribution is 6.33. The summed E-state index contributed by atoms with van der Waals surface area (Å²) in [7, 11) is 0. The Bertz CT molecular complexity index is 614. The van der Waals surface area contributed by atoms with Gasteiger partial charge in [0.05, 0.1) is 10.7 Å². The lowest BCUT2D eigenvalue weighted by Gasteiger charge is -2.40. The van der Waals surface area contributed by atoms with E-state index in [1.807, 2.05) is 24.3 Å². The highest BCUT2D eigenvalue weighted by atomic mass is 35.5. The van der Waals surface area contributed by atoms with Crippen molar-refractivity contribution in [3.8, 4) is 0 Å². The van der Waals surface area contributed by atoms with Crippen LogP contribution < -0.4 is 10.0 Å². The van der Waals surface area contributed by atoms with Crippen molar-refractivity contribution in [3.63, 3.8) is 0 Å². The van der Waals surface area contributed by atoms with Crippen LogP contribution in [-0.2, 0) is 9.59 Å². The molecule has 1 aliphatic heterocycles. The molecule has 2 atom stereocenters. The second-order valence-corrected chi connectivity index (χ2v) is 6.99. The van der Waals surface area contributed by atoms with Gasteiger partial charge in [-0.15, -0.1) is 0 Å². The lowest BCUT2D eigenvalue weighted by atomic mass is 9.78. The molecule has 3 rings (SSSR count). The fraction of sp³-hybridized carbons (Fsp3) is 0.556. The summed E-state index contributed by atoms with van der Waals surface area (Å²) in [5.41, 5.74) is 0.983. The molecule has 0 radical (unpaired) electrons. The number of carbonyl (C=O) groups excluding carboxylic acids is 2. The number of hydrogen-bond acceptors (Lipinski definition) is 4. The highest BCUT2D eigenvalue weighted by Crippen LogP contribution is 2.32. The number of rotatable bonds is 3. The molecule has 1 saturated carbocycles. The number of para-hydroxylation sites is 1. The number of anilines is 1. The second-order valence-electron chi connectivity index (χ2n) is 6.58. The van der Waals surface area contributed by atoms with Crippen LogP contribution in [0.4, 0.5) is 5.69 Å². The van der Waals surface area contributed by atoms with E-state index in [2.05, 4.69) is 4.90 Å². The van der Waals surface area contributed by atoms with Gasteiger partial charge >= 0.3 is 0 Å². The van der Waals surface area contributed by atoms with E-state index in [0.29, 0.717) is 44.0 Å². The smallest absolute Gasteiger partial charge is 0.226 e. The Kier molecular flexibility index (Phi) is 5.29. The monoisotopic (exact) mass is 349 g/mol. The van der Waals surface area contributed by atoms with E-state index in [4.69, 9.17) is 11.6 Å². The second kappa shape index (κ2) is 7.43. The van der Waals surface area contributed by atoms with Gasteiger partial charge in [0.2, 0.25) is 5.91 Å². The Labute approximate surface area is 147 Å². The van der Waals surface area contributed by atoms with Crippen LogP contribution in [0.5, 0.6) is 0 Å². The molecule has 1 aromatic rings. The van der Waals surface area contributed by atoms with Gasteiger partial charge < -0.3 is 19.7 Å². The maximum absolute atomic E-state index is 12.8. The molecule has 0 N–H and O–H groups in total. The van der Waals surface area contributed by atoms with Crippen molar-refractivity contribution >= 4 is 29.2 Å². The number of hydrogen-bond donors (Lipinski definition) is 0. The molecule has 1 aromatic carbocycles. The van der Waals surface area contributed by atoms with Crippen molar-refractivity contribution in [2.24, 2.45) is 11.8 Å². The van der Waals surface area contributed by atoms with Gasteiger partial charge in [0, 0.05) is 44.0 Å². The maximum atomic E-state index is 12.8. The minimum atomic E-state index is -1.08. The van der Waals surface area contributed by atoms with Crippen LogP contribution in [0.1, 0.15) is 25.7 Å². The van der Waals surface area contributed by atoms with E-state index in [9.17, 15) is 14.7 Å². The Morgan fingerprint density at radius 3 is 2.25 bits per heavy atom. The van der Waals surface area contributed by atoms with Crippen LogP contribution in [0.15, 0.2) is 24.3 Å². The molecule has 2 aliphatic rings. The number of carboxylic acid groups (broad SMARTS) is 1. The topological polar surface area (TPSA) is 63.7 Å². The first-order valence-corrected chi connectivity index (χ1v) is 8.95. The first-order chi connectivity index (χ1) is 11.6. The SMILES string of the molecule is O=C([O-])[C@H]1CCCC[C@H]1C(=O)N1CCN(c2ccccc2Cl)CC1. The number of carboxylic acids is 1. The van der Waals surface area contributed by atoms with Crippen LogP contribution >= 0.6 is 11.6 Å². The molecule has 0 unspecified atom stereocenters. The molecular weight excluding hydrogens is 328 g/mol. The van der Waals surface area contributed by atoms with E-state index >= 15 is 0 Å². The third-order valence-corrected chi connectivity index (χ3v) is 5.49. The zero-order valence-corrected chi connectivity index (χ0v) is 14.4. The molecule has 1 saturated heterocycles. The van der Waals surface area contributed by atoms with Crippen LogP contribution in [0, 0.1) is 11.8 Å². The molecule has 6 heteroatoms. The van der Waals surface area contributed by atoms with Crippen molar-refractivity contribution in [1.82, 2.24) is 4.90 Å². The summed E-state index contributed by atoms with van der Waals surface area (Å²) in [5.74, 6) is -2.16.